The van der Waals surface area contributed by atoms with Gasteiger partial charge in [-0.3, -0.25) is 9.59 Å². The number of carboxylic acids is 1. The summed E-state index contributed by atoms with van der Waals surface area (Å²) in [6, 6.07) is 0. The summed E-state index contributed by atoms with van der Waals surface area (Å²) in [5.74, 6) is 1.25. The molecule has 0 unspecified atom stereocenters. The van der Waals surface area contributed by atoms with Crippen LogP contribution in [0.4, 0.5) is 0 Å². The van der Waals surface area contributed by atoms with Crippen LogP contribution < -0.4 is 5.48 Å². The third kappa shape index (κ3) is 3.93. The summed E-state index contributed by atoms with van der Waals surface area (Å²) in [7, 11) is 1.51. The Kier molecular flexibility index (Phi) is 7.15. The number of hydrogen-bond acceptors (Lipinski definition) is 5. The summed E-state index contributed by atoms with van der Waals surface area (Å²) in [4.78, 5) is 30.2. The van der Waals surface area contributed by atoms with E-state index in [2.05, 4.69) is 53.6 Å². The first kappa shape index (κ1) is 29.1. The van der Waals surface area contributed by atoms with Crippen molar-refractivity contribution in [1.82, 2.24) is 5.48 Å². The van der Waals surface area contributed by atoms with Crippen LogP contribution in [0.2, 0.25) is 0 Å². The zero-order chi connectivity index (χ0) is 28.6. The zero-order valence-corrected chi connectivity index (χ0v) is 25.5. The average Bonchev–Trinajstić information content (AvgIpc) is 3.26. The highest BCUT2D eigenvalue weighted by molar-refractivity contribution is 5.76. The lowest BCUT2D eigenvalue weighted by molar-refractivity contribution is -0.250. The van der Waals surface area contributed by atoms with E-state index in [9.17, 15) is 14.7 Å². The summed E-state index contributed by atoms with van der Waals surface area (Å²) in [6.45, 7) is 18.9. The number of aliphatic carboxylic acids is 1. The Morgan fingerprint density at radius 3 is 2.26 bits per heavy atom. The van der Waals surface area contributed by atoms with Crippen molar-refractivity contribution in [2.75, 3.05) is 13.7 Å². The molecule has 0 aromatic carbocycles. The Morgan fingerprint density at radius 2 is 1.62 bits per heavy atom. The van der Waals surface area contributed by atoms with E-state index in [1.165, 1.54) is 25.5 Å². The van der Waals surface area contributed by atoms with Crippen molar-refractivity contribution >= 4 is 11.9 Å². The van der Waals surface area contributed by atoms with Crippen molar-refractivity contribution in [2.24, 2.45) is 56.7 Å². The molecule has 0 radical (unpaired) electrons. The van der Waals surface area contributed by atoms with Gasteiger partial charge in [0.2, 0.25) is 0 Å². The standard InChI is InChI=1S/C33H53NO5/c1-20(2)21-11-16-33(28(36)37)18-17-31(6)22(27(21)33)9-10-24-30(5)14-13-25(39-26(35)19-34-38-8)29(3,4)23(30)12-15-32(24,31)7/h21-25,27,34H,1,9-19H2,2-8H3,(H,36,37)/t21-,22+,23-,24+,25-,27+,30-,31+,32+,33-/m0/s1. The smallest absolute Gasteiger partial charge is 0.322 e. The van der Waals surface area contributed by atoms with Gasteiger partial charge in [0, 0.05) is 5.41 Å². The van der Waals surface area contributed by atoms with Crippen molar-refractivity contribution in [3.05, 3.63) is 12.2 Å². The molecule has 0 aliphatic heterocycles. The van der Waals surface area contributed by atoms with Crippen molar-refractivity contribution in [2.45, 2.75) is 112 Å². The minimum absolute atomic E-state index is 0.0651. The maximum atomic E-state index is 12.9. The second-order valence-corrected chi connectivity index (χ2v) is 15.5. The molecule has 0 bridgehead atoms. The third-order valence-electron chi connectivity index (χ3n) is 14.1. The minimum atomic E-state index is -0.570. The molecule has 0 spiro atoms. The largest absolute Gasteiger partial charge is 0.481 e. The van der Waals surface area contributed by atoms with E-state index in [-0.39, 0.29) is 46.2 Å². The third-order valence-corrected chi connectivity index (χ3v) is 14.1. The molecule has 2 N–H and O–H groups in total. The van der Waals surface area contributed by atoms with E-state index in [4.69, 9.17) is 9.57 Å². The summed E-state index contributed by atoms with van der Waals surface area (Å²) in [5, 5.41) is 10.6. The number of ether oxygens (including phenoxy) is 1. The summed E-state index contributed by atoms with van der Waals surface area (Å²) in [5.41, 5.74) is 3.63. The fourth-order valence-electron chi connectivity index (χ4n) is 12.0. The van der Waals surface area contributed by atoms with Crippen molar-refractivity contribution < 1.29 is 24.3 Å². The molecule has 0 amide bonds. The average molecular weight is 544 g/mol. The Morgan fingerprint density at radius 1 is 0.897 bits per heavy atom. The molecule has 5 aliphatic rings. The molecule has 0 saturated heterocycles. The number of rotatable bonds is 6. The van der Waals surface area contributed by atoms with Gasteiger partial charge in [0.15, 0.2) is 0 Å². The Balaban J connectivity index is 1.45. The Bertz CT molecular complexity index is 1020. The van der Waals surface area contributed by atoms with Crippen LogP contribution in [0.5, 0.6) is 0 Å². The summed E-state index contributed by atoms with van der Waals surface area (Å²) in [6.07, 6.45) is 10.1. The van der Waals surface area contributed by atoms with Gasteiger partial charge in [0.25, 0.3) is 0 Å². The first-order chi connectivity index (χ1) is 18.2. The molecule has 6 nitrogen and oxygen atoms in total. The number of nitrogens with one attached hydrogen (secondary N) is 1. The SMILES string of the molecule is C=C(C)[C@@H]1CC[C@]2(C(=O)O)CC[C@]3(C)[C@H](CC[C@@H]4[C@@]5(C)CC[C@H](OC(=O)CNOC)C(C)(C)[C@@H]5CC[C@]43C)[C@@H]12. The van der Waals surface area contributed by atoms with Crippen LogP contribution in [0.1, 0.15) is 106 Å². The lowest BCUT2D eigenvalue weighted by Gasteiger charge is -2.72. The highest BCUT2D eigenvalue weighted by Gasteiger charge is 2.72. The molecule has 5 saturated carbocycles. The van der Waals surface area contributed by atoms with E-state index in [0.717, 1.165) is 51.4 Å². The van der Waals surface area contributed by atoms with Crippen molar-refractivity contribution in [3.8, 4) is 0 Å². The van der Waals surface area contributed by atoms with E-state index in [1.54, 1.807) is 0 Å². The summed E-state index contributed by atoms with van der Waals surface area (Å²) >= 11 is 0. The number of esters is 1. The maximum Gasteiger partial charge on any atom is 0.322 e. The number of fused-ring (bicyclic) bond motifs is 7. The van der Waals surface area contributed by atoms with E-state index >= 15 is 0 Å². The van der Waals surface area contributed by atoms with Gasteiger partial charge in [0.05, 0.1) is 12.5 Å². The Labute approximate surface area is 236 Å². The van der Waals surface area contributed by atoms with Crippen molar-refractivity contribution in [3.63, 3.8) is 0 Å². The molecule has 6 heteroatoms. The van der Waals surface area contributed by atoms with Gasteiger partial charge in [-0.25, -0.2) is 0 Å². The van der Waals surface area contributed by atoms with Gasteiger partial charge in [-0.1, -0.05) is 46.8 Å². The number of hydroxylamine groups is 1. The van der Waals surface area contributed by atoms with E-state index < -0.39 is 11.4 Å². The molecule has 220 valence electrons. The first-order valence-corrected chi connectivity index (χ1v) is 15.5. The number of allylic oxidation sites excluding steroid dienone is 1. The maximum absolute atomic E-state index is 12.9. The lowest BCUT2D eigenvalue weighted by atomic mass is 9.32. The molecular weight excluding hydrogens is 490 g/mol. The van der Waals surface area contributed by atoms with Gasteiger partial charge in [-0.05, 0) is 117 Å². The van der Waals surface area contributed by atoms with E-state index in [1.807, 2.05) is 0 Å². The molecule has 0 heterocycles. The molecule has 10 atom stereocenters. The number of carbonyl (C=O) groups excluding carboxylic acids is 1. The zero-order valence-electron chi connectivity index (χ0n) is 25.5. The molecule has 39 heavy (non-hydrogen) atoms. The van der Waals surface area contributed by atoms with Crippen LogP contribution in [0.15, 0.2) is 12.2 Å². The quantitative estimate of drug-likeness (QED) is 0.218. The van der Waals surface area contributed by atoms with Gasteiger partial charge < -0.3 is 14.7 Å². The fraction of sp³-hybridized carbons (Fsp3) is 0.879. The molecule has 0 aromatic heterocycles. The topological polar surface area (TPSA) is 84.9 Å². The summed E-state index contributed by atoms with van der Waals surface area (Å²) < 4.78 is 6.04. The van der Waals surface area contributed by atoms with Gasteiger partial charge >= 0.3 is 11.9 Å². The minimum Gasteiger partial charge on any atom is -0.481 e. The van der Waals surface area contributed by atoms with E-state index in [0.29, 0.717) is 23.7 Å². The fourth-order valence-corrected chi connectivity index (χ4v) is 12.0. The predicted molar refractivity (Wildman–Crippen MR) is 151 cm³/mol. The number of carbonyl (C=O) groups is 2. The first-order valence-electron chi connectivity index (χ1n) is 15.5. The molecule has 5 rings (SSSR count). The predicted octanol–water partition coefficient (Wildman–Crippen LogP) is 6.79. The highest BCUT2D eigenvalue weighted by atomic mass is 16.6. The monoisotopic (exact) mass is 543 g/mol. The molecular formula is C33H53NO5. The number of hydrogen-bond donors (Lipinski definition) is 2. The second-order valence-electron chi connectivity index (χ2n) is 15.5. The van der Waals surface area contributed by atoms with Gasteiger partial charge in [-0.15, -0.1) is 0 Å². The number of carboxylic acid groups (broad SMARTS) is 1. The molecule has 5 aliphatic carbocycles. The van der Waals surface area contributed by atoms with Crippen LogP contribution in [0.3, 0.4) is 0 Å². The van der Waals surface area contributed by atoms with Crippen LogP contribution in [0.25, 0.3) is 0 Å². The highest BCUT2D eigenvalue weighted by Crippen LogP contribution is 2.77. The van der Waals surface area contributed by atoms with Crippen LogP contribution in [-0.4, -0.2) is 36.8 Å². The van der Waals surface area contributed by atoms with Gasteiger partial charge in [0.1, 0.15) is 12.6 Å². The molecule has 0 aromatic rings. The normalized spacial score (nSPS) is 48.2. The molecule has 5 fully saturated rings. The lowest BCUT2D eigenvalue weighted by Crippen LogP contribution is -2.67. The Hall–Kier alpha value is -1.40. The van der Waals surface area contributed by atoms with Crippen molar-refractivity contribution in [1.29, 1.82) is 0 Å². The van der Waals surface area contributed by atoms with Crippen LogP contribution in [-0.2, 0) is 19.2 Å². The van der Waals surface area contributed by atoms with Crippen LogP contribution in [0, 0.1) is 56.7 Å². The van der Waals surface area contributed by atoms with Gasteiger partial charge in [-0.2, -0.15) is 5.48 Å². The second kappa shape index (κ2) is 9.58. The van der Waals surface area contributed by atoms with Crippen LogP contribution >= 0.6 is 0 Å².